The Labute approximate surface area is 121 Å². The summed E-state index contributed by atoms with van der Waals surface area (Å²) in [4.78, 5) is 4.49. The topological polar surface area (TPSA) is 37.0 Å². The first-order valence-corrected chi connectivity index (χ1v) is 7.20. The van der Waals surface area contributed by atoms with E-state index in [1.54, 1.807) is 0 Å². The number of aromatic nitrogens is 1. The van der Waals surface area contributed by atoms with Gasteiger partial charge < -0.3 is 10.6 Å². The van der Waals surface area contributed by atoms with E-state index in [1.165, 1.54) is 16.7 Å². The maximum Gasteiger partial charge on any atom is 0.126 e. The monoisotopic (exact) mass is 317 g/mol. The van der Waals surface area contributed by atoms with Gasteiger partial charge in [0.25, 0.3) is 0 Å². The number of hydrogen-bond acceptors (Lipinski definition) is 3. The second-order valence-corrected chi connectivity index (χ2v) is 5.68. The molecule has 1 aromatic heterocycles. The van der Waals surface area contributed by atoms with Gasteiger partial charge in [0.15, 0.2) is 0 Å². The Morgan fingerprint density at radius 1 is 1.21 bits per heavy atom. The largest absolute Gasteiger partial charge is 0.366 e. The average molecular weight is 318 g/mol. The van der Waals surface area contributed by atoms with E-state index in [0.717, 1.165) is 35.6 Å². The lowest BCUT2D eigenvalue weighted by molar-refractivity contribution is 0.764. The van der Waals surface area contributed by atoms with Gasteiger partial charge in [0.2, 0.25) is 0 Å². The third-order valence-corrected chi connectivity index (χ3v) is 4.23. The number of nitrogens with zero attached hydrogens (tertiary/aromatic N) is 1. The summed E-state index contributed by atoms with van der Waals surface area (Å²) in [7, 11) is 0. The summed E-state index contributed by atoms with van der Waals surface area (Å²) in [6.07, 6.45) is 0. The molecule has 2 aromatic rings. The van der Waals surface area contributed by atoms with E-state index in [-0.39, 0.29) is 0 Å². The van der Waals surface area contributed by atoms with Crippen LogP contribution in [0.25, 0.3) is 0 Å². The smallest absolute Gasteiger partial charge is 0.126 e. The Bertz CT molecular complexity index is 610. The molecule has 2 heterocycles. The minimum Gasteiger partial charge on any atom is -0.366 e. The highest BCUT2D eigenvalue weighted by molar-refractivity contribution is 9.10. The van der Waals surface area contributed by atoms with Gasteiger partial charge in [-0.15, -0.1) is 0 Å². The molecule has 0 atom stereocenters. The molecule has 3 rings (SSSR count). The number of rotatable bonds is 3. The fourth-order valence-corrected chi connectivity index (χ4v) is 2.51. The number of halogens is 1. The molecular weight excluding hydrogens is 302 g/mol. The van der Waals surface area contributed by atoms with Crippen molar-refractivity contribution < 1.29 is 0 Å². The van der Waals surface area contributed by atoms with Gasteiger partial charge >= 0.3 is 0 Å². The summed E-state index contributed by atoms with van der Waals surface area (Å²) in [5.74, 6) is 0.916. The minimum atomic E-state index is 0.807. The third kappa shape index (κ3) is 2.80. The third-order valence-electron chi connectivity index (χ3n) is 3.40. The van der Waals surface area contributed by atoms with Gasteiger partial charge in [-0.1, -0.05) is 18.2 Å². The molecular formula is C15H16BrN3. The van der Waals surface area contributed by atoms with Crippen molar-refractivity contribution in [1.29, 1.82) is 0 Å². The van der Waals surface area contributed by atoms with Crippen molar-refractivity contribution in [2.24, 2.45) is 0 Å². The summed E-state index contributed by atoms with van der Waals surface area (Å²) in [5.41, 5.74) is 5.13. The second-order valence-electron chi connectivity index (χ2n) is 4.82. The molecule has 0 spiro atoms. The van der Waals surface area contributed by atoms with E-state index >= 15 is 0 Å². The first-order chi connectivity index (χ1) is 9.22. The molecule has 3 nitrogen and oxygen atoms in total. The molecule has 2 N–H and O–H groups in total. The molecule has 0 radical (unpaired) electrons. The van der Waals surface area contributed by atoms with E-state index < -0.39 is 0 Å². The second kappa shape index (κ2) is 5.31. The first-order valence-electron chi connectivity index (χ1n) is 6.41. The molecule has 0 saturated carbocycles. The van der Waals surface area contributed by atoms with Gasteiger partial charge in [-0.05, 0) is 51.7 Å². The highest BCUT2D eigenvalue weighted by Crippen LogP contribution is 2.19. The number of nitrogens with one attached hydrogen (secondary N) is 2. The molecule has 1 aliphatic rings. The van der Waals surface area contributed by atoms with Crippen molar-refractivity contribution in [3.8, 4) is 0 Å². The van der Waals surface area contributed by atoms with Crippen LogP contribution in [-0.2, 0) is 19.6 Å². The Morgan fingerprint density at radius 2 is 2.05 bits per heavy atom. The van der Waals surface area contributed by atoms with Crippen molar-refractivity contribution in [3.63, 3.8) is 0 Å². The van der Waals surface area contributed by atoms with E-state index in [2.05, 4.69) is 49.7 Å². The number of anilines is 1. The van der Waals surface area contributed by atoms with Crippen LogP contribution in [0.15, 0.2) is 34.8 Å². The van der Waals surface area contributed by atoms with Crippen LogP contribution in [0.1, 0.15) is 22.4 Å². The van der Waals surface area contributed by atoms with Crippen LogP contribution in [0.3, 0.4) is 0 Å². The predicted molar refractivity (Wildman–Crippen MR) is 81.0 cm³/mol. The summed E-state index contributed by atoms with van der Waals surface area (Å²) >= 11 is 3.46. The van der Waals surface area contributed by atoms with Crippen LogP contribution in [-0.4, -0.2) is 4.98 Å². The molecule has 1 aliphatic heterocycles. The van der Waals surface area contributed by atoms with Crippen LogP contribution >= 0.6 is 15.9 Å². The van der Waals surface area contributed by atoms with Crippen LogP contribution < -0.4 is 10.6 Å². The highest BCUT2D eigenvalue weighted by atomic mass is 79.9. The van der Waals surface area contributed by atoms with Crippen LogP contribution in [0, 0.1) is 6.92 Å². The van der Waals surface area contributed by atoms with Crippen LogP contribution in [0.2, 0.25) is 0 Å². The van der Waals surface area contributed by atoms with Crippen molar-refractivity contribution in [2.45, 2.75) is 26.6 Å². The zero-order valence-corrected chi connectivity index (χ0v) is 12.4. The zero-order chi connectivity index (χ0) is 13.2. The van der Waals surface area contributed by atoms with Crippen LogP contribution in [0.4, 0.5) is 5.82 Å². The van der Waals surface area contributed by atoms with Gasteiger partial charge in [-0.3, -0.25) is 0 Å². The highest BCUT2D eigenvalue weighted by Gasteiger charge is 2.09. The minimum absolute atomic E-state index is 0.807. The van der Waals surface area contributed by atoms with Crippen molar-refractivity contribution in [2.75, 3.05) is 5.32 Å². The molecule has 98 valence electrons. The molecule has 0 fully saturated rings. The molecule has 0 unspecified atom stereocenters. The fraction of sp³-hybridized carbons (Fsp3) is 0.267. The molecule has 0 saturated heterocycles. The van der Waals surface area contributed by atoms with Gasteiger partial charge in [0, 0.05) is 24.1 Å². The molecule has 0 bridgehead atoms. The lowest BCUT2D eigenvalue weighted by atomic mass is 10.1. The lowest BCUT2D eigenvalue weighted by Gasteiger charge is -2.08. The number of hydrogen-bond donors (Lipinski definition) is 2. The standard InChI is InChI=1S/C15H16BrN3/c1-10-14(16)4-5-15(19-10)18-7-11-2-3-12-8-17-9-13(12)6-11/h2-6,17H,7-9H2,1H3,(H,18,19). The van der Waals surface area contributed by atoms with Crippen molar-refractivity contribution >= 4 is 21.7 Å². The SMILES string of the molecule is Cc1nc(NCc2ccc3c(c2)CNC3)ccc1Br. The normalized spacial score (nSPS) is 13.4. The zero-order valence-electron chi connectivity index (χ0n) is 10.8. The van der Waals surface area contributed by atoms with Crippen molar-refractivity contribution in [3.05, 3.63) is 57.2 Å². The summed E-state index contributed by atoms with van der Waals surface area (Å²) < 4.78 is 1.04. The maximum absolute atomic E-state index is 4.49. The first kappa shape index (κ1) is 12.6. The van der Waals surface area contributed by atoms with Crippen LogP contribution in [0.5, 0.6) is 0 Å². The van der Waals surface area contributed by atoms with Gasteiger partial charge in [-0.2, -0.15) is 0 Å². The number of benzene rings is 1. The Kier molecular flexibility index (Phi) is 3.53. The van der Waals surface area contributed by atoms with E-state index in [9.17, 15) is 0 Å². The molecule has 19 heavy (non-hydrogen) atoms. The molecule has 4 heteroatoms. The average Bonchev–Trinajstić information content (AvgIpc) is 2.87. The van der Waals surface area contributed by atoms with E-state index in [1.807, 2.05) is 19.1 Å². The number of fused-ring (bicyclic) bond motifs is 1. The lowest BCUT2D eigenvalue weighted by Crippen LogP contribution is -2.03. The Morgan fingerprint density at radius 3 is 2.89 bits per heavy atom. The van der Waals surface area contributed by atoms with Crippen molar-refractivity contribution in [1.82, 2.24) is 10.3 Å². The van der Waals surface area contributed by atoms with E-state index in [4.69, 9.17) is 0 Å². The number of aryl methyl sites for hydroxylation is 1. The Balaban J connectivity index is 1.70. The molecule has 0 aliphatic carbocycles. The quantitative estimate of drug-likeness (QED) is 0.911. The summed E-state index contributed by atoms with van der Waals surface area (Å²) in [6, 6.07) is 10.7. The number of pyridine rings is 1. The maximum atomic E-state index is 4.49. The Hall–Kier alpha value is -1.39. The molecule has 0 amide bonds. The summed E-state index contributed by atoms with van der Waals surface area (Å²) in [5, 5.41) is 6.73. The van der Waals surface area contributed by atoms with Gasteiger partial charge in [-0.25, -0.2) is 4.98 Å². The summed E-state index contributed by atoms with van der Waals surface area (Å²) in [6.45, 7) is 4.78. The predicted octanol–water partition coefficient (Wildman–Crippen LogP) is 3.37. The fourth-order valence-electron chi connectivity index (χ4n) is 2.29. The molecule has 1 aromatic carbocycles. The van der Waals surface area contributed by atoms with Gasteiger partial charge in [0.05, 0.1) is 5.69 Å². The van der Waals surface area contributed by atoms with Gasteiger partial charge in [0.1, 0.15) is 5.82 Å². The van der Waals surface area contributed by atoms with E-state index in [0.29, 0.717) is 0 Å².